The fraction of sp³-hybridized carbons (Fsp3) is 0.0714. The Balaban J connectivity index is 2.75. The molecule has 17 heavy (non-hydrogen) atoms. The monoisotopic (exact) mass is 231 g/mol. The van der Waals surface area contributed by atoms with Crippen LogP contribution < -0.4 is 0 Å². The van der Waals surface area contributed by atoms with Crippen molar-refractivity contribution in [1.82, 2.24) is 4.98 Å². The molecule has 0 bridgehead atoms. The Bertz CT molecular complexity index is 556. The normalized spacial score (nSPS) is 10.3. The molecule has 0 aliphatic carbocycles. The second kappa shape index (κ2) is 4.45. The van der Waals surface area contributed by atoms with Gasteiger partial charge in [-0.3, -0.25) is 4.98 Å². The Morgan fingerprint density at radius 1 is 1.24 bits per heavy atom. The van der Waals surface area contributed by atoms with Gasteiger partial charge in [0, 0.05) is 11.8 Å². The van der Waals surface area contributed by atoms with Crippen LogP contribution in [0.25, 0.3) is 17.2 Å². The summed E-state index contributed by atoms with van der Waals surface area (Å²) >= 11 is 0. The lowest BCUT2D eigenvalue weighted by molar-refractivity contribution is 0.589. The van der Waals surface area contributed by atoms with E-state index < -0.39 is 11.6 Å². The first-order valence-corrected chi connectivity index (χ1v) is 5.17. The summed E-state index contributed by atoms with van der Waals surface area (Å²) in [7, 11) is 0. The summed E-state index contributed by atoms with van der Waals surface area (Å²) in [6, 6.07) is 5.50. The fourth-order valence-electron chi connectivity index (χ4n) is 1.70. The number of pyridine rings is 1. The van der Waals surface area contributed by atoms with Gasteiger partial charge in [-0.2, -0.15) is 0 Å². The van der Waals surface area contributed by atoms with Crippen LogP contribution >= 0.6 is 0 Å². The van der Waals surface area contributed by atoms with Gasteiger partial charge in [0.2, 0.25) is 0 Å². The van der Waals surface area contributed by atoms with Gasteiger partial charge >= 0.3 is 0 Å². The van der Waals surface area contributed by atoms with Crippen LogP contribution in [0.3, 0.4) is 0 Å². The van der Waals surface area contributed by atoms with E-state index in [1.165, 1.54) is 24.3 Å². The lowest BCUT2D eigenvalue weighted by Crippen LogP contribution is -1.95. The van der Waals surface area contributed by atoms with E-state index >= 15 is 0 Å². The van der Waals surface area contributed by atoms with E-state index in [2.05, 4.69) is 11.6 Å². The summed E-state index contributed by atoms with van der Waals surface area (Å²) in [6.45, 7) is 5.42. The molecular formula is C14H11F2N. The zero-order valence-corrected chi connectivity index (χ0v) is 9.37. The quantitative estimate of drug-likeness (QED) is 0.761. The molecule has 0 atom stereocenters. The van der Waals surface area contributed by atoms with Crippen LogP contribution in [-0.4, -0.2) is 4.98 Å². The maximum atomic E-state index is 13.7. The molecule has 0 N–H and O–H groups in total. The molecule has 0 radical (unpaired) electrons. The first kappa shape index (κ1) is 11.5. The summed E-state index contributed by atoms with van der Waals surface area (Å²) in [5, 5.41) is 0. The summed E-state index contributed by atoms with van der Waals surface area (Å²) in [4.78, 5) is 4.10. The van der Waals surface area contributed by atoms with Crippen molar-refractivity contribution in [2.75, 3.05) is 0 Å². The van der Waals surface area contributed by atoms with Crippen LogP contribution in [-0.2, 0) is 0 Å². The molecule has 2 aromatic rings. The van der Waals surface area contributed by atoms with Crippen molar-refractivity contribution in [3.05, 3.63) is 59.9 Å². The van der Waals surface area contributed by atoms with Gasteiger partial charge in [-0.1, -0.05) is 12.6 Å². The molecule has 0 aliphatic heterocycles. The predicted molar refractivity (Wildman–Crippen MR) is 64.4 cm³/mol. The molecule has 1 nitrogen and oxygen atoms in total. The lowest BCUT2D eigenvalue weighted by atomic mass is 10.0. The van der Waals surface area contributed by atoms with E-state index in [4.69, 9.17) is 0 Å². The number of aromatic nitrogens is 1. The van der Waals surface area contributed by atoms with Crippen LogP contribution in [0.5, 0.6) is 0 Å². The topological polar surface area (TPSA) is 12.9 Å². The van der Waals surface area contributed by atoms with Crippen LogP contribution in [0.1, 0.15) is 11.3 Å². The molecule has 3 heteroatoms. The Morgan fingerprint density at radius 3 is 2.47 bits per heavy atom. The highest BCUT2D eigenvalue weighted by Gasteiger charge is 2.14. The van der Waals surface area contributed by atoms with Gasteiger partial charge in [-0.05, 0) is 36.8 Å². The van der Waals surface area contributed by atoms with Crippen LogP contribution in [0.4, 0.5) is 8.78 Å². The maximum absolute atomic E-state index is 13.7. The number of nitrogens with zero attached hydrogens (tertiary/aromatic N) is 1. The molecule has 0 fully saturated rings. The number of hydrogen-bond donors (Lipinski definition) is 0. The molecular weight excluding hydrogens is 220 g/mol. The third-order valence-corrected chi connectivity index (χ3v) is 2.48. The van der Waals surface area contributed by atoms with Gasteiger partial charge in [-0.25, -0.2) is 8.78 Å². The van der Waals surface area contributed by atoms with Crippen LogP contribution in [0.2, 0.25) is 0 Å². The van der Waals surface area contributed by atoms with Crippen LogP contribution in [0, 0.1) is 18.6 Å². The van der Waals surface area contributed by atoms with Gasteiger partial charge in [0.1, 0.15) is 11.6 Å². The standard InChI is InChI=1S/C14H11F2N/c1-3-13-10(7-9(2)8-17-13)14-11(15)5-4-6-12(14)16/h3-8H,1H2,2H3. The summed E-state index contributed by atoms with van der Waals surface area (Å²) in [5.41, 5.74) is 1.68. The van der Waals surface area contributed by atoms with Crippen molar-refractivity contribution >= 4 is 6.08 Å². The van der Waals surface area contributed by atoms with E-state index in [0.717, 1.165) is 5.56 Å². The minimum Gasteiger partial charge on any atom is -0.256 e. The van der Waals surface area contributed by atoms with E-state index in [0.29, 0.717) is 11.3 Å². The Labute approximate surface area is 98.4 Å². The minimum absolute atomic E-state index is 0.0569. The Morgan fingerprint density at radius 2 is 1.88 bits per heavy atom. The molecule has 0 amide bonds. The number of hydrogen-bond acceptors (Lipinski definition) is 1. The molecule has 0 spiro atoms. The van der Waals surface area contributed by atoms with Gasteiger partial charge in [-0.15, -0.1) is 0 Å². The molecule has 1 aromatic carbocycles. The minimum atomic E-state index is -0.597. The average molecular weight is 231 g/mol. The van der Waals surface area contributed by atoms with E-state index in [-0.39, 0.29) is 5.56 Å². The summed E-state index contributed by atoms with van der Waals surface area (Å²) < 4.78 is 27.4. The Kier molecular flexibility index (Phi) is 3.00. The molecule has 1 heterocycles. The van der Waals surface area contributed by atoms with Gasteiger partial charge in [0.25, 0.3) is 0 Å². The third-order valence-electron chi connectivity index (χ3n) is 2.48. The summed E-state index contributed by atoms with van der Waals surface area (Å²) in [6.07, 6.45) is 3.12. The first-order chi connectivity index (χ1) is 8.13. The lowest BCUT2D eigenvalue weighted by Gasteiger charge is -2.08. The molecule has 0 saturated carbocycles. The molecule has 86 valence electrons. The second-order valence-corrected chi connectivity index (χ2v) is 3.75. The molecule has 1 aromatic heterocycles. The number of benzene rings is 1. The van der Waals surface area contributed by atoms with Crippen molar-refractivity contribution in [3.63, 3.8) is 0 Å². The van der Waals surface area contributed by atoms with Crippen molar-refractivity contribution in [1.29, 1.82) is 0 Å². The molecule has 0 unspecified atom stereocenters. The van der Waals surface area contributed by atoms with Crippen molar-refractivity contribution in [2.45, 2.75) is 6.92 Å². The maximum Gasteiger partial charge on any atom is 0.134 e. The smallest absolute Gasteiger partial charge is 0.134 e. The zero-order valence-electron chi connectivity index (χ0n) is 9.37. The Hall–Kier alpha value is -2.03. The molecule has 0 saturated heterocycles. The highest BCUT2D eigenvalue weighted by atomic mass is 19.1. The predicted octanol–water partition coefficient (Wildman–Crippen LogP) is 3.98. The number of aryl methyl sites for hydroxylation is 1. The van der Waals surface area contributed by atoms with Gasteiger partial charge in [0.15, 0.2) is 0 Å². The van der Waals surface area contributed by atoms with Crippen molar-refractivity contribution < 1.29 is 8.78 Å². The highest BCUT2D eigenvalue weighted by Crippen LogP contribution is 2.29. The van der Waals surface area contributed by atoms with Gasteiger partial charge < -0.3 is 0 Å². The largest absolute Gasteiger partial charge is 0.256 e. The first-order valence-electron chi connectivity index (χ1n) is 5.17. The zero-order chi connectivity index (χ0) is 12.4. The fourth-order valence-corrected chi connectivity index (χ4v) is 1.70. The number of halogens is 2. The van der Waals surface area contributed by atoms with E-state index in [1.54, 1.807) is 12.3 Å². The van der Waals surface area contributed by atoms with Crippen molar-refractivity contribution in [2.24, 2.45) is 0 Å². The average Bonchev–Trinajstić information content (AvgIpc) is 2.29. The summed E-state index contributed by atoms with van der Waals surface area (Å²) in [5.74, 6) is -1.19. The number of rotatable bonds is 2. The highest BCUT2D eigenvalue weighted by molar-refractivity contribution is 5.73. The second-order valence-electron chi connectivity index (χ2n) is 3.75. The van der Waals surface area contributed by atoms with Crippen molar-refractivity contribution in [3.8, 4) is 11.1 Å². The molecule has 0 aliphatic rings. The van der Waals surface area contributed by atoms with Crippen LogP contribution in [0.15, 0.2) is 37.0 Å². The third kappa shape index (κ3) is 2.09. The van der Waals surface area contributed by atoms with E-state index in [9.17, 15) is 8.78 Å². The van der Waals surface area contributed by atoms with Gasteiger partial charge in [0.05, 0.1) is 11.3 Å². The SMILES string of the molecule is C=Cc1ncc(C)cc1-c1c(F)cccc1F. The molecule has 2 rings (SSSR count). The van der Waals surface area contributed by atoms with E-state index in [1.807, 2.05) is 6.92 Å².